The van der Waals surface area contributed by atoms with Crippen LogP contribution in [0.25, 0.3) is 65.5 Å². The molecule has 10 aromatic rings. The second kappa shape index (κ2) is 17.1. The minimum atomic E-state index is -0.556. The van der Waals surface area contributed by atoms with E-state index in [1.165, 1.54) is 11.3 Å². The number of nitrogens with zero attached hydrogens (tertiary/aromatic N) is 6. The zero-order valence-electron chi connectivity index (χ0n) is 35.8. The Labute approximate surface area is 381 Å². The number of phenolic OH excluding ortho intramolecular Hbond substituents is 2. The van der Waals surface area contributed by atoms with Crippen LogP contribution in [-0.2, 0) is 0 Å². The number of azo groups is 2. The van der Waals surface area contributed by atoms with Gasteiger partial charge in [-0.2, -0.15) is 15.5 Å². The Morgan fingerprint density at radius 1 is 0.773 bits per heavy atom. The highest BCUT2D eigenvalue weighted by molar-refractivity contribution is 7.22. The maximum absolute atomic E-state index is 13.8. The second-order valence-electron chi connectivity index (χ2n) is 15.9. The van der Waals surface area contributed by atoms with Crippen molar-refractivity contribution in [1.82, 2.24) is 15.0 Å². The molecule has 0 fully saturated rings. The predicted octanol–water partition coefficient (Wildman–Crippen LogP) is 14.6. The maximum atomic E-state index is 13.8. The largest absolute Gasteiger partial charge is 0.505 e. The van der Waals surface area contributed by atoms with Crippen molar-refractivity contribution in [2.45, 2.75) is 26.7 Å². The topological polar surface area (TPSA) is 196 Å². The third-order valence-electron chi connectivity index (χ3n) is 11.3. The molecule has 1 amide bonds. The molecular formula is C52H39N9O4S. The quantitative estimate of drug-likeness (QED) is 0.0486. The zero-order chi connectivity index (χ0) is 45.5. The maximum Gasteiger partial charge on any atom is 0.261 e. The molecule has 3 aromatic heterocycles. The summed E-state index contributed by atoms with van der Waals surface area (Å²) in [4.78, 5) is 25.1. The molecule has 0 saturated heterocycles. The number of hydrogen-bond acceptors (Lipinski definition) is 11. The van der Waals surface area contributed by atoms with Crippen molar-refractivity contribution in [3.63, 3.8) is 0 Å². The number of hydrogen-bond donors (Lipinski definition) is 5. The Kier molecular flexibility index (Phi) is 10.7. The second-order valence-corrected chi connectivity index (χ2v) is 16.9. The lowest BCUT2D eigenvalue weighted by Gasteiger charge is -2.11. The number of aromatic amines is 2. The number of fused-ring (bicyclic) bond motifs is 7. The van der Waals surface area contributed by atoms with E-state index < -0.39 is 5.91 Å². The Bertz CT molecular complexity index is 3670. The first-order valence-corrected chi connectivity index (χ1v) is 22.0. The lowest BCUT2D eigenvalue weighted by molar-refractivity contribution is 0.102. The van der Waals surface area contributed by atoms with Crippen LogP contribution >= 0.6 is 11.3 Å². The van der Waals surface area contributed by atoms with Gasteiger partial charge in [-0.05, 0) is 102 Å². The van der Waals surface area contributed by atoms with Gasteiger partial charge in [-0.25, -0.2) is 4.98 Å². The van der Waals surface area contributed by atoms with Crippen LogP contribution in [0.2, 0.25) is 0 Å². The third-order valence-corrected chi connectivity index (χ3v) is 12.3. The van der Waals surface area contributed by atoms with E-state index in [0.717, 1.165) is 43.0 Å². The summed E-state index contributed by atoms with van der Waals surface area (Å²) in [5, 5.41) is 57.8. The number of amides is 1. The highest BCUT2D eigenvalue weighted by Crippen LogP contribution is 2.45. The molecule has 14 heteroatoms. The van der Waals surface area contributed by atoms with Crippen LogP contribution in [-0.4, -0.2) is 37.7 Å². The van der Waals surface area contributed by atoms with E-state index in [2.05, 4.69) is 46.8 Å². The van der Waals surface area contributed by atoms with Gasteiger partial charge < -0.3 is 24.9 Å². The highest BCUT2D eigenvalue weighted by Gasteiger charge is 2.23. The number of ether oxygens (including phenoxy) is 1. The summed E-state index contributed by atoms with van der Waals surface area (Å²) in [5.74, 6) is -0.0277. The molecule has 0 saturated carbocycles. The number of para-hydroxylation sites is 2. The van der Waals surface area contributed by atoms with Crippen LogP contribution in [0.1, 0.15) is 53.7 Å². The molecule has 322 valence electrons. The summed E-state index contributed by atoms with van der Waals surface area (Å²) in [7, 11) is 0. The average Bonchev–Trinajstić information content (AvgIpc) is 4.03. The van der Waals surface area contributed by atoms with Gasteiger partial charge >= 0.3 is 0 Å². The monoisotopic (exact) mass is 885 g/mol. The van der Waals surface area contributed by atoms with E-state index in [1.807, 2.05) is 106 Å². The van der Waals surface area contributed by atoms with E-state index in [-0.39, 0.29) is 28.7 Å². The molecule has 5 N–H and O–H groups in total. The molecule has 0 aliphatic heterocycles. The predicted molar refractivity (Wildman–Crippen MR) is 262 cm³/mol. The number of rotatable bonds is 11. The number of phenols is 2. The molecule has 10 rings (SSSR count). The Hall–Kier alpha value is -8.67. The van der Waals surface area contributed by atoms with Crippen LogP contribution in [0.4, 0.5) is 27.9 Å². The number of H-pyrrole nitrogens is 2. The fraction of sp³-hybridized carbons (Fsp3) is 0.0962. The van der Waals surface area contributed by atoms with Crippen LogP contribution < -0.4 is 10.1 Å². The summed E-state index contributed by atoms with van der Waals surface area (Å²) in [6, 6.07) is 41.4. The van der Waals surface area contributed by atoms with Gasteiger partial charge in [0.2, 0.25) is 0 Å². The van der Waals surface area contributed by atoms with Gasteiger partial charge in [-0.3, -0.25) is 10.1 Å². The molecular weight excluding hydrogens is 847 g/mol. The number of carbonyl (C=O) groups is 1. The van der Waals surface area contributed by atoms with E-state index in [0.29, 0.717) is 67.6 Å². The van der Waals surface area contributed by atoms with E-state index in [1.54, 1.807) is 48.5 Å². The van der Waals surface area contributed by atoms with Crippen molar-refractivity contribution in [3.05, 3.63) is 150 Å². The van der Waals surface area contributed by atoms with Crippen molar-refractivity contribution in [1.29, 1.82) is 5.26 Å². The molecule has 0 unspecified atom stereocenters. The first-order chi connectivity index (χ1) is 32.1. The number of benzene rings is 7. The normalized spacial score (nSPS) is 12.2. The van der Waals surface area contributed by atoms with Gasteiger partial charge in [0.05, 0.1) is 56.4 Å². The van der Waals surface area contributed by atoms with Gasteiger partial charge in [0.25, 0.3) is 5.91 Å². The van der Waals surface area contributed by atoms with Crippen molar-refractivity contribution >= 4 is 111 Å². The van der Waals surface area contributed by atoms with Gasteiger partial charge in [-0.15, -0.1) is 10.2 Å². The smallest absolute Gasteiger partial charge is 0.261 e. The number of anilines is 1. The van der Waals surface area contributed by atoms with Crippen LogP contribution in [0.3, 0.4) is 0 Å². The molecule has 13 nitrogen and oxygen atoms in total. The number of allylic oxidation sites excluding steroid dienone is 1. The molecule has 0 aliphatic rings. The van der Waals surface area contributed by atoms with Crippen molar-refractivity contribution < 1.29 is 19.7 Å². The standard InChI is InChI=1S/C52H39N9O4S/c1-4-65-34-21-22-43-44(24-34)66-52(56-43)57-51(64)40-26-39-36-10-6-8-12-42(36)55-46(39)48(50(40)63)61-59-33-19-15-30(16-20-33)31(27-53)23-29-13-17-32(18-14-29)58-60-47-45-38(25-37(28(2)3)49(47)62)35-9-5-7-11-41(35)54-45/h5-26,28,54-55,62-63H,4H2,1-3H3,(H,56,57,64)/b31-23+,60-58?,61-59?. The summed E-state index contributed by atoms with van der Waals surface area (Å²) < 4.78 is 6.47. The summed E-state index contributed by atoms with van der Waals surface area (Å²) in [5.41, 5.74) is 7.85. The van der Waals surface area contributed by atoms with E-state index in [9.17, 15) is 20.3 Å². The lowest BCUT2D eigenvalue weighted by Crippen LogP contribution is -2.12. The minimum absolute atomic E-state index is 0.00762. The number of aromatic hydroxyl groups is 2. The van der Waals surface area contributed by atoms with Crippen LogP contribution in [0, 0.1) is 11.3 Å². The first-order valence-electron chi connectivity index (χ1n) is 21.2. The fourth-order valence-electron chi connectivity index (χ4n) is 8.03. The molecule has 66 heavy (non-hydrogen) atoms. The molecule has 0 aliphatic carbocycles. The van der Waals surface area contributed by atoms with Crippen molar-refractivity contribution in [2.24, 2.45) is 20.5 Å². The molecule has 0 spiro atoms. The Morgan fingerprint density at radius 3 is 2.00 bits per heavy atom. The number of thiazole rings is 1. The number of aromatic nitrogens is 3. The zero-order valence-corrected chi connectivity index (χ0v) is 36.6. The van der Waals surface area contributed by atoms with Gasteiger partial charge in [0.15, 0.2) is 22.3 Å². The third kappa shape index (κ3) is 7.73. The lowest BCUT2D eigenvalue weighted by atomic mass is 9.98. The summed E-state index contributed by atoms with van der Waals surface area (Å²) in [6.45, 7) is 6.50. The van der Waals surface area contributed by atoms with E-state index in [4.69, 9.17) is 4.74 Å². The van der Waals surface area contributed by atoms with Crippen LogP contribution in [0.5, 0.6) is 17.2 Å². The van der Waals surface area contributed by atoms with Gasteiger partial charge in [-0.1, -0.05) is 85.8 Å². The number of nitriles is 1. The molecule has 0 bridgehead atoms. The summed E-state index contributed by atoms with van der Waals surface area (Å²) in [6.07, 6.45) is 1.77. The van der Waals surface area contributed by atoms with Crippen molar-refractivity contribution in [2.75, 3.05) is 11.9 Å². The Morgan fingerprint density at radius 2 is 1.38 bits per heavy atom. The molecule has 3 heterocycles. The molecule has 0 radical (unpaired) electrons. The van der Waals surface area contributed by atoms with Gasteiger partial charge in [0.1, 0.15) is 11.5 Å². The average molecular weight is 886 g/mol. The number of nitrogens with one attached hydrogen (secondary N) is 3. The first kappa shape index (κ1) is 41.3. The van der Waals surface area contributed by atoms with E-state index >= 15 is 0 Å². The SMILES string of the molecule is CCOc1ccc2nc(NC(=O)c3cc4c([nH]c5ccccc54)c(N=Nc4ccc(/C(C#N)=C/c5ccc(N=Nc6c(O)c(C(C)C)cc7c6[nH]c6ccccc67)cc5)cc4)c3O)sc2c1. The molecule has 7 aromatic carbocycles. The van der Waals surface area contributed by atoms with Crippen molar-refractivity contribution in [3.8, 4) is 23.3 Å². The minimum Gasteiger partial charge on any atom is -0.505 e. The number of carbonyl (C=O) groups excluding carboxylic acids is 1. The van der Waals surface area contributed by atoms with Crippen LogP contribution in [0.15, 0.2) is 148 Å². The Balaban J connectivity index is 0.895. The highest BCUT2D eigenvalue weighted by atomic mass is 32.1. The summed E-state index contributed by atoms with van der Waals surface area (Å²) >= 11 is 1.30. The van der Waals surface area contributed by atoms with Gasteiger partial charge in [0, 0.05) is 32.6 Å². The molecule has 0 atom stereocenters. The fourth-order valence-corrected chi connectivity index (χ4v) is 8.92.